The number of para-hydroxylation sites is 1. The molecule has 1 atom stereocenters. The van der Waals surface area contributed by atoms with E-state index in [1.165, 1.54) is 19.1 Å². The Labute approximate surface area is 195 Å². The van der Waals surface area contributed by atoms with Gasteiger partial charge in [0.1, 0.15) is 6.04 Å². The van der Waals surface area contributed by atoms with Gasteiger partial charge in [0.25, 0.3) is 5.91 Å². The summed E-state index contributed by atoms with van der Waals surface area (Å²) in [6.45, 7) is 1.44. The molecule has 0 saturated carbocycles. The Kier molecular flexibility index (Phi) is 7.51. The minimum absolute atomic E-state index is 0.0343. The molecular formula is C24H20Cl2N2O4. The number of rotatable bonds is 7. The van der Waals surface area contributed by atoms with Crippen LogP contribution >= 0.6 is 23.2 Å². The fourth-order valence-corrected chi connectivity index (χ4v) is 3.80. The van der Waals surface area contributed by atoms with E-state index in [0.717, 1.165) is 11.1 Å². The van der Waals surface area contributed by atoms with Crippen molar-refractivity contribution in [3.63, 3.8) is 0 Å². The maximum Gasteiger partial charge on any atom is 0.326 e. The number of carboxylic acid groups (broad SMARTS) is 1. The van der Waals surface area contributed by atoms with E-state index in [4.69, 9.17) is 23.2 Å². The fraction of sp³-hybridized carbons (Fsp3) is 0.125. The monoisotopic (exact) mass is 470 g/mol. The van der Waals surface area contributed by atoms with E-state index < -0.39 is 17.9 Å². The highest BCUT2D eigenvalue weighted by Gasteiger charge is 2.23. The first-order chi connectivity index (χ1) is 15.3. The highest BCUT2D eigenvalue weighted by Crippen LogP contribution is 2.28. The maximum absolute atomic E-state index is 12.6. The van der Waals surface area contributed by atoms with Crippen molar-refractivity contribution in [1.29, 1.82) is 0 Å². The first-order valence-electron chi connectivity index (χ1n) is 9.70. The molecule has 0 bridgehead atoms. The second-order valence-corrected chi connectivity index (χ2v) is 7.90. The zero-order valence-corrected chi connectivity index (χ0v) is 18.6. The molecule has 3 aromatic carbocycles. The van der Waals surface area contributed by atoms with Crippen molar-refractivity contribution in [2.75, 3.05) is 5.32 Å². The van der Waals surface area contributed by atoms with Crippen LogP contribution in [0.3, 0.4) is 0 Å². The van der Waals surface area contributed by atoms with Crippen LogP contribution in [0.25, 0.3) is 11.1 Å². The first-order valence-corrected chi connectivity index (χ1v) is 10.5. The number of anilines is 1. The molecule has 3 N–H and O–H groups in total. The molecule has 0 aromatic heterocycles. The Morgan fingerprint density at radius 1 is 0.906 bits per heavy atom. The van der Waals surface area contributed by atoms with Gasteiger partial charge in [0.2, 0.25) is 5.91 Å². The van der Waals surface area contributed by atoms with Crippen LogP contribution in [0.2, 0.25) is 10.0 Å². The molecule has 0 spiro atoms. The predicted molar refractivity (Wildman–Crippen MR) is 125 cm³/mol. The number of halogens is 2. The van der Waals surface area contributed by atoms with Gasteiger partial charge in [-0.25, -0.2) is 4.79 Å². The van der Waals surface area contributed by atoms with Crippen LogP contribution in [-0.4, -0.2) is 28.9 Å². The molecule has 0 heterocycles. The molecule has 3 rings (SSSR count). The SMILES string of the molecule is CC(=O)Nc1ccccc1-c1ccc(C[C@H](NC(=O)c2c(Cl)cccc2Cl)C(=O)O)cc1. The lowest BCUT2D eigenvalue weighted by molar-refractivity contribution is -0.139. The van der Waals surface area contributed by atoms with Gasteiger partial charge in [-0.2, -0.15) is 0 Å². The average molecular weight is 471 g/mol. The Morgan fingerprint density at radius 2 is 1.53 bits per heavy atom. The number of carbonyl (C=O) groups excluding carboxylic acids is 2. The van der Waals surface area contributed by atoms with E-state index in [0.29, 0.717) is 11.3 Å². The van der Waals surface area contributed by atoms with Crippen molar-refractivity contribution in [1.82, 2.24) is 5.32 Å². The average Bonchev–Trinajstić information content (AvgIpc) is 2.73. The molecule has 0 unspecified atom stereocenters. The fourth-order valence-electron chi connectivity index (χ4n) is 3.23. The molecule has 164 valence electrons. The number of amides is 2. The zero-order chi connectivity index (χ0) is 23.3. The quantitative estimate of drug-likeness (QED) is 0.450. The van der Waals surface area contributed by atoms with Crippen molar-refractivity contribution < 1.29 is 19.5 Å². The number of benzene rings is 3. The normalized spacial score (nSPS) is 11.5. The zero-order valence-electron chi connectivity index (χ0n) is 17.1. The third-order valence-corrected chi connectivity index (χ3v) is 5.37. The molecule has 3 aromatic rings. The lowest BCUT2D eigenvalue weighted by Gasteiger charge is -2.16. The van der Waals surface area contributed by atoms with Gasteiger partial charge in [-0.1, -0.05) is 71.7 Å². The lowest BCUT2D eigenvalue weighted by atomic mass is 9.99. The minimum atomic E-state index is -1.18. The van der Waals surface area contributed by atoms with Crippen LogP contribution in [0.15, 0.2) is 66.7 Å². The Hall–Kier alpha value is -3.35. The van der Waals surface area contributed by atoms with E-state index in [1.54, 1.807) is 24.3 Å². The van der Waals surface area contributed by atoms with Crippen molar-refractivity contribution in [2.24, 2.45) is 0 Å². The summed E-state index contributed by atoms with van der Waals surface area (Å²) in [6.07, 6.45) is 0.0662. The molecule has 8 heteroatoms. The van der Waals surface area contributed by atoms with Crippen LogP contribution in [-0.2, 0) is 16.0 Å². The summed E-state index contributed by atoms with van der Waals surface area (Å²) in [5, 5.41) is 15.2. The van der Waals surface area contributed by atoms with E-state index in [-0.39, 0.29) is 27.9 Å². The van der Waals surface area contributed by atoms with Gasteiger partial charge in [-0.15, -0.1) is 0 Å². The molecule has 32 heavy (non-hydrogen) atoms. The summed E-state index contributed by atoms with van der Waals surface area (Å²) in [6, 6.07) is 18.1. The first kappa shape index (κ1) is 23.3. The van der Waals surface area contributed by atoms with Crippen LogP contribution in [0, 0.1) is 0 Å². The molecule has 0 aliphatic carbocycles. The van der Waals surface area contributed by atoms with Gasteiger partial charge in [-0.05, 0) is 29.3 Å². The number of nitrogens with one attached hydrogen (secondary N) is 2. The molecular weight excluding hydrogens is 451 g/mol. The lowest BCUT2D eigenvalue weighted by Crippen LogP contribution is -2.42. The number of hydrogen-bond donors (Lipinski definition) is 3. The van der Waals surface area contributed by atoms with Crippen molar-refractivity contribution in [3.8, 4) is 11.1 Å². The van der Waals surface area contributed by atoms with Crippen molar-refractivity contribution in [3.05, 3.63) is 87.9 Å². The van der Waals surface area contributed by atoms with Gasteiger partial charge in [0, 0.05) is 24.6 Å². The largest absolute Gasteiger partial charge is 0.480 e. The van der Waals surface area contributed by atoms with Crippen LogP contribution in [0.5, 0.6) is 0 Å². The Morgan fingerprint density at radius 3 is 2.12 bits per heavy atom. The second kappa shape index (κ2) is 10.3. The van der Waals surface area contributed by atoms with Gasteiger partial charge in [-0.3, -0.25) is 9.59 Å². The Bertz CT molecular complexity index is 1140. The van der Waals surface area contributed by atoms with E-state index in [9.17, 15) is 19.5 Å². The summed E-state index contributed by atoms with van der Waals surface area (Å²) in [7, 11) is 0. The molecule has 0 aliphatic rings. The highest BCUT2D eigenvalue weighted by atomic mass is 35.5. The van der Waals surface area contributed by atoms with Crippen LogP contribution in [0.1, 0.15) is 22.8 Å². The van der Waals surface area contributed by atoms with E-state index in [1.807, 2.05) is 30.3 Å². The number of carboxylic acids is 1. The van der Waals surface area contributed by atoms with Gasteiger partial charge in [0.05, 0.1) is 15.6 Å². The molecule has 0 fully saturated rings. The third kappa shape index (κ3) is 5.66. The number of hydrogen-bond acceptors (Lipinski definition) is 3. The van der Waals surface area contributed by atoms with Crippen molar-refractivity contribution in [2.45, 2.75) is 19.4 Å². The molecule has 6 nitrogen and oxygen atoms in total. The second-order valence-electron chi connectivity index (χ2n) is 7.09. The van der Waals surface area contributed by atoms with E-state index >= 15 is 0 Å². The summed E-state index contributed by atoms with van der Waals surface area (Å²) in [4.78, 5) is 35.8. The maximum atomic E-state index is 12.6. The third-order valence-electron chi connectivity index (χ3n) is 4.74. The molecule has 0 radical (unpaired) electrons. The topological polar surface area (TPSA) is 95.5 Å². The summed E-state index contributed by atoms with van der Waals surface area (Å²) in [5.41, 5.74) is 3.12. The minimum Gasteiger partial charge on any atom is -0.480 e. The van der Waals surface area contributed by atoms with Crippen LogP contribution < -0.4 is 10.6 Å². The smallest absolute Gasteiger partial charge is 0.326 e. The molecule has 2 amide bonds. The van der Waals surface area contributed by atoms with Gasteiger partial charge >= 0.3 is 5.97 Å². The summed E-state index contributed by atoms with van der Waals surface area (Å²) < 4.78 is 0. The highest BCUT2D eigenvalue weighted by molar-refractivity contribution is 6.39. The summed E-state index contributed by atoms with van der Waals surface area (Å²) in [5.74, 6) is -2.01. The Balaban J connectivity index is 1.78. The number of aliphatic carboxylic acids is 1. The van der Waals surface area contributed by atoms with Crippen LogP contribution in [0.4, 0.5) is 5.69 Å². The molecule has 0 saturated heterocycles. The predicted octanol–water partition coefficient (Wildman–Crippen LogP) is 5.04. The van der Waals surface area contributed by atoms with E-state index in [2.05, 4.69) is 10.6 Å². The standard InChI is InChI=1S/C24H20Cl2N2O4/c1-14(29)27-20-8-3-2-5-17(20)16-11-9-15(10-12-16)13-21(24(31)32)28-23(30)22-18(25)6-4-7-19(22)26/h2-12,21H,13H2,1H3,(H,27,29)(H,28,30)(H,31,32)/t21-/m0/s1. The van der Waals surface area contributed by atoms with Gasteiger partial charge < -0.3 is 15.7 Å². The van der Waals surface area contributed by atoms with Crippen molar-refractivity contribution >= 4 is 46.7 Å². The summed E-state index contributed by atoms with van der Waals surface area (Å²) >= 11 is 12.1. The van der Waals surface area contributed by atoms with Gasteiger partial charge in [0.15, 0.2) is 0 Å². The molecule has 0 aliphatic heterocycles. The number of carbonyl (C=O) groups is 3.